The second-order valence-corrected chi connectivity index (χ2v) is 5.48. The SMILES string of the molecule is CN1CCCCC1COC(=O)c1c[nH]c2ccccc12. The number of likely N-dealkylation sites (N-methyl/N-ethyl adjacent to an activating group) is 1. The zero-order valence-electron chi connectivity index (χ0n) is 11.8. The largest absolute Gasteiger partial charge is 0.460 e. The highest BCUT2D eigenvalue weighted by atomic mass is 16.5. The summed E-state index contributed by atoms with van der Waals surface area (Å²) in [6.45, 7) is 1.57. The molecule has 1 unspecified atom stereocenters. The van der Waals surface area contributed by atoms with Crippen LogP contribution in [0.4, 0.5) is 0 Å². The van der Waals surface area contributed by atoms with E-state index >= 15 is 0 Å². The van der Waals surface area contributed by atoms with Crippen molar-refractivity contribution < 1.29 is 9.53 Å². The first-order valence-corrected chi connectivity index (χ1v) is 7.19. The van der Waals surface area contributed by atoms with E-state index in [4.69, 9.17) is 4.74 Å². The molecule has 4 heteroatoms. The number of carbonyl (C=O) groups is 1. The molecule has 1 aromatic carbocycles. The number of aromatic amines is 1. The molecule has 1 saturated heterocycles. The minimum absolute atomic E-state index is 0.235. The molecule has 20 heavy (non-hydrogen) atoms. The molecule has 2 heterocycles. The molecule has 3 rings (SSSR count). The standard InChI is InChI=1S/C16H20N2O2/c1-18-9-5-4-6-12(18)11-20-16(19)14-10-17-15-8-3-2-7-13(14)15/h2-3,7-8,10,12,17H,4-6,9,11H2,1H3. The molecule has 0 aliphatic carbocycles. The van der Waals surface area contributed by atoms with Crippen molar-refractivity contribution in [2.45, 2.75) is 25.3 Å². The fraction of sp³-hybridized carbons (Fsp3) is 0.438. The molecule has 0 radical (unpaired) electrons. The fourth-order valence-electron chi connectivity index (χ4n) is 2.84. The number of aromatic nitrogens is 1. The minimum Gasteiger partial charge on any atom is -0.460 e. The van der Waals surface area contributed by atoms with E-state index in [1.165, 1.54) is 12.8 Å². The summed E-state index contributed by atoms with van der Waals surface area (Å²) < 4.78 is 5.50. The number of benzene rings is 1. The van der Waals surface area contributed by atoms with Gasteiger partial charge < -0.3 is 14.6 Å². The lowest BCUT2D eigenvalue weighted by Crippen LogP contribution is -2.39. The Labute approximate surface area is 118 Å². The third-order valence-corrected chi connectivity index (χ3v) is 4.14. The molecule has 1 atom stereocenters. The van der Waals surface area contributed by atoms with Crippen LogP contribution in [0.25, 0.3) is 10.9 Å². The zero-order valence-corrected chi connectivity index (χ0v) is 11.8. The number of esters is 1. The number of H-pyrrole nitrogens is 1. The van der Waals surface area contributed by atoms with Crippen molar-refractivity contribution in [3.05, 3.63) is 36.0 Å². The first kappa shape index (κ1) is 13.2. The summed E-state index contributed by atoms with van der Waals surface area (Å²) in [4.78, 5) is 17.6. The maximum Gasteiger partial charge on any atom is 0.340 e. The van der Waals surface area contributed by atoms with E-state index in [0.29, 0.717) is 18.2 Å². The van der Waals surface area contributed by atoms with Gasteiger partial charge in [-0.05, 0) is 32.5 Å². The molecular formula is C16H20N2O2. The Bertz CT molecular complexity index is 605. The predicted octanol–water partition coefficient (Wildman–Crippen LogP) is 2.81. The van der Waals surface area contributed by atoms with Gasteiger partial charge in [0.1, 0.15) is 6.61 Å². The predicted molar refractivity (Wildman–Crippen MR) is 78.9 cm³/mol. The van der Waals surface area contributed by atoms with Gasteiger partial charge in [0.15, 0.2) is 0 Å². The van der Waals surface area contributed by atoms with Crippen molar-refractivity contribution in [2.24, 2.45) is 0 Å². The van der Waals surface area contributed by atoms with Gasteiger partial charge in [-0.2, -0.15) is 0 Å². The Morgan fingerprint density at radius 2 is 2.25 bits per heavy atom. The molecule has 0 spiro atoms. The van der Waals surface area contributed by atoms with Crippen LogP contribution in [0, 0.1) is 0 Å². The summed E-state index contributed by atoms with van der Waals surface area (Å²) in [5, 5.41) is 0.925. The Kier molecular flexibility index (Phi) is 3.74. The van der Waals surface area contributed by atoms with Gasteiger partial charge in [0.25, 0.3) is 0 Å². The number of fused-ring (bicyclic) bond motifs is 1. The highest BCUT2D eigenvalue weighted by molar-refractivity contribution is 6.03. The summed E-state index contributed by atoms with van der Waals surface area (Å²) in [6.07, 6.45) is 5.30. The molecular weight excluding hydrogens is 252 g/mol. The van der Waals surface area contributed by atoms with Gasteiger partial charge in [-0.15, -0.1) is 0 Å². The van der Waals surface area contributed by atoms with Crippen molar-refractivity contribution >= 4 is 16.9 Å². The van der Waals surface area contributed by atoms with Gasteiger partial charge in [0.2, 0.25) is 0 Å². The highest BCUT2D eigenvalue weighted by Crippen LogP contribution is 2.20. The Morgan fingerprint density at radius 1 is 1.40 bits per heavy atom. The van der Waals surface area contributed by atoms with Crippen molar-refractivity contribution in [3.8, 4) is 0 Å². The molecule has 1 aliphatic rings. The maximum atomic E-state index is 12.2. The van der Waals surface area contributed by atoms with Crippen LogP contribution in [0.15, 0.2) is 30.5 Å². The van der Waals surface area contributed by atoms with E-state index in [9.17, 15) is 4.79 Å². The van der Waals surface area contributed by atoms with E-state index in [2.05, 4.69) is 16.9 Å². The van der Waals surface area contributed by atoms with Crippen LogP contribution in [-0.4, -0.2) is 42.1 Å². The van der Waals surface area contributed by atoms with E-state index in [1.807, 2.05) is 24.3 Å². The molecule has 1 aromatic heterocycles. The van der Waals surface area contributed by atoms with Crippen LogP contribution in [0.2, 0.25) is 0 Å². The fourth-order valence-corrected chi connectivity index (χ4v) is 2.84. The van der Waals surface area contributed by atoms with E-state index in [0.717, 1.165) is 23.9 Å². The van der Waals surface area contributed by atoms with Crippen molar-refractivity contribution in [1.29, 1.82) is 0 Å². The van der Waals surface area contributed by atoms with Crippen LogP contribution >= 0.6 is 0 Å². The number of piperidine rings is 1. The lowest BCUT2D eigenvalue weighted by atomic mass is 10.0. The van der Waals surface area contributed by atoms with Crippen LogP contribution in [-0.2, 0) is 4.74 Å². The molecule has 106 valence electrons. The third kappa shape index (κ3) is 2.56. The number of nitrogens with one attached hydrogen (secondary N) is 1. The first-order valence-electron chi connectivity index (χ1n) is 7.19. The van der Waals surface area contributed by atoms with Gasteiger partial charge in [0, 0.05) is 23.1 Å². The Morgan fingerprint density at radius 3 is 3.10 bits per heavy atom. The number of ether oxygens (including phenoxy) is 1. The molecule has 1 N–H and O–H groups in total. The Hall–Kier alpha value is -1.81. The van der Waals surface area contributed by atoms with Gasteiger partial charge in [-0.3, -0.25) is 0 Å². The minimum atomic E-state index is -0.235. The van der Waals surface area contributed by atoms with Crippen LogP contribution < -0.4 is 0 Å². The summed E-state index contributed by atoms with van der Waals surface area (Å²) in [6, 6.07) is 8.14. The van der Waals surface area contributed by atoms with Crippen LogP contribution in [0.1, 0.15) is 29.6 Å². The number of nitrogens with zero attached hydrogens (tertiary/aromatic N) is 1. The topological polar surface area (TPSA) is 45.3 Å². The highest BCUT2D eigenvalue weighted by Gasteiger charge is 2.21. The van der Waals surface area contributed by atoms with Crippen LogP contribution in [0.5, 0.6) is 0 Å². The average molecular weight is 272 g/mol. The van der Waals surface area contributed by atoms with Gasteiger partial charge in [0.05, 0.1) is 5.56 Å². The molecule has 1 aliphatic heterocycles. The first-order chi connectivity index (χ1) is 9.75. The normalized spacial score (nSPS) is 20.1. The van der Waals surface area contributed by atoms with Crippen molar-refractivity contribution in [2.75, 3.05) is 20.2 Å². The van der Waals surface area contributed by atoms with E-state index < -0.39 is 0 Å². The molecule has 0 saturated carbocycles. The van der Waals surface area contributed by atoms with Gasteiger partial charge in [-0.1, -0.05) is 24.6 Å². The smallest absolute Gasteiger partial charge is 0.340 e. The summed E-state index contributed by atoms with van der Waals surface area (Å²) in [5.74, 6) is -0.235. The maximum absolute atomic E-state index is 12.2. The molecule has 4 nitrogen and oxygen atoms in total. The van der Waals surface area contributed by atoms with E-state index in [-0.39, 0.29) is 5.97 Å². The molecule has 0 bridgehead atoms. The lowest BCUT2D eigenvalue weighted by Gasteiger charge is -2.31. The van der Waals surface area contributed by atoms with Crippen LogP contribution in [0.3, 0.4) is 0 Å². The number of hydrogen-bond donors (Lipinski definition) is 1. The molecule has 0 amide bonds. The molecule has 2 aromatic rings. The number of para-hydroxylation sites is 1. The van der Waals surface area contributed by atoms with Crippen molar-refractivity contribution in [1.82, 2.24) is 9.88 Å². The lowest BCUT2D eigenvalue weighted by molar-refractivity contribution is 0.0330. The number of hydrogen-bond acceptors (Lipinski definition) is 3. The average Bonchev–Trinajstić information content (AvgIpc) is 2.90. The second-order valence-electron chi connectivity index (χ2n) is 5.48. The third-order valence-electron chi connectivity index (χ3n) is 4.14. The number of rotatable bonds is 3. The van der Waals surface area contributed by atoms with E-state index in [1.54, 1.807) is 6.20 Å². The monoisotopic (exact) mass is 272 g/mol. The Balaban J connectivity index is 1.67. The van der Waals surface area contributed by atoms with Gasteiger partial charge >= 0.3 is 5.97 Å². The molecule has 1 fully saturated rings. The summed E-state index contributed by atoms with van der Waals surface area (Å²) >= 11 is 0. The zero-order chi connectivity index (χ0) is 13.9. The van der Waals surface area contributed by atoms with Gasteiger partial charge in [-0.25, -0.2) is 4.79 Å². The quantitative estimate of drug-likeness (QED) is 0.874. The number of likely N-dealkylation sites (tertiary alicyclic amines) is 1. The summed E-state index contributed by atoms with van der Waals surface area (Å²) in [5.41, 5.74) is 1.59. The van der Waals surface area contributed by atoms with Crippen molar-refractivity contribution in [3.63, 3.8) is 0 Å². The second kappa shape index (κ2) is 5.67. The summed E-state index contributed by atoms with van der Waals surface area (Å²) in [7, 11) is 2.10. The number of carbonyl (C=O) groups excluding carboxylic acids is 1.